The maximum Gasteiger partial charge on any atom is 0.328 e. The average Bonchev–Trinajstić information content (AvgIpc) is 3.17. The minimum atomic E-state index is -3.65. The van der Waals surface area contributed by atoms with Crippen LogP contribution in [0.2, 0.25) is 0 Å². The first-order valence-electron chi connectivity index (χ1n) is 9.25. The first kappa shape index (κ1) is 20.9. The summed E-state index contributed by atoms with van der Waals surface area (Å²) in [5.74, 6) is -0.436. The average molecular weight is 420 g/mol. The predicted octanol–water partition coefficient (Wildman–Crippen LogP) is 1.50. The van der Waals surface area contributed by atoms with Crippen LogP contribution < -0.4 is 11.0 Å². The van der Waals surface area contributed by atoms with E-state index in [0.717, 1.165) is 5.52 Å². The number of rotatable bonds is 6. The fraction of sp³-hybridized carbons (Fsp3) is 0.368. The summed E-state index contributed by atoms with van der Waals surface area (Å²) in [5.41, 5.74) is 2.02. The van der Waals surface area contributed by atoms with Crippen LogP contribution in [-0.2, 0) is 31.2 Å². The number of hydrogen-bond acceptors (Lipinski definition) is 4. The van der Waals surface area contributed by atoms with Gasteiger partial charge in [-0.3, -0.25) is 13.9 Å². The Bertz CT molecular complexity index is 1250. The fourth-order valence-corrected chi connectivity index (χ4v) is 4.92. The third-order valence-corrected chi connectivity index (χ3v) is 7.10. The molecule has 10 heteroatoms. The Kier molecular flexibility index (Phi) is 5.42. The molecule has 29 heavy (non-hydrogen) atoms. The van der Waals surface area contributed by atoms with Gasteiger partial charge in [-0.1, -0.05) is 13.8 Å². The molecular weight excluding hydrogens is 394 g/mol. The molecule has 3 aromatic rings. The molecule has 0 saturated heterocycles. The molecule has 156 valence electrons. The molecule has 1 aromatic carbocycles. The number of carbonyl (C=O) groups excluding carboxylic acids is 1. The standard InChI is InChI=1S/C19H25N5O4S/c1-6-24(7-2)29(27,28)14-11-17(21(3)12-14)18(25)20-13-8-9-15-16(10-13)23(5)19(26)22(15)4/h8-12H,6-7H2,1-5H3,(H,20,25). The molecule has 0 saturated carbocycles. The molecule has 9 nitrogen and oxygen atoms in total. The van der Waals surface area contributed by atoms with E-state index in [1.807, 2.05) is 0 Å². The number of carbonyl (C=O) groups is 1. The second-order valence-corrected chi connectivity index (χ2v) is 8.76. The second-order valence-electron chi connectivity index (χ2n) is 6.82. The molecule has 0 aliphatic rings. The molecule has 0 aliphatic heterocycles. The Morgan fingerprint density at radius 2 is 1.66 bits per heavy atom. The van der Waals surface area contributed by atoms with E-state index in [9.17, 15) is 18.0 Å². The Labute approximate surface area is 169 Å². The van der Waals surface area contributed by atoms with Gasteiger partial charge in [0, 0.05) is 46.1 Å². The van der Waals surface area contributed by atoms with Crippen LogP contribution in [-0.4, -0.2) is 45.4 Å². The van der Waals surface area contributed by atoms with E-state index < -0.39 is 15.9 Å². The number of sulfonamides is 1. The van der Waals surface area contributed by atoms with E-state index in [-0.39, 0.29) is 16.3 Å². The third-order valence-electron chi connectivity index (χ3n) is 5.09. The lowest BCUT2D eigenvalue weighted by atomic mass is 10.2. The smallest absolute Gasteiger partial charge is 0.328 e. The number of imidazole rings is 1. The van der Waals surface area contributed by atoms with Crippen LogP contribution in [0.25, 0.3) is 11.0 Å². The number of benzene rings is 1. The molecule has 0 spiro atoms. The Morgan fingerprint density at radius 1 is 1.03 bits per heavy atom. The van der Waals surface area contributed by atoms with E-state index in [1.165, 1.54) is 30.3 Å². The second kappa shape index (κ2) is 7.53. The van der Waals surface area contributed by atoms with Gasteiger partial charge < -0.3 is 9.88 Å². The molecular formula is C19H25N5O4S. The van der Waals surface area contributed by atoms with E-state index in [1.54, 1.807) is 53.2 Å². The third kappa shape index (κ3) is 3.49. The van der Waals surface area contributed by atoms with Gasteiger partial charge in [0.15, 0.2) is 0 Å². The minimum Gasteiger partial charge on any atom is -0.345 e. The lowest BCUT2D eigenvalue weighted by Crippen LogP contribution is -2.30. The van der Waals surface area contributed by atoms with Gasteiger partial charge in [0.05, 0.1) is 11.0 Å². The van der Waals surface area contributed by atoms with Crippen LogP contribution in [0.1, 0.15) is 24.3 Å². The Morgan fingerprint density at radius 3 is 2.28 bits per heavy atom. The van der Waals surface area contributed by atoms with Crippen LogP contribution >= 0.6 is 0 Å². The van der Waals surface area contributed by atoms with E-state index >= 15 is 0 Å². The molecule has 2 heterocycles. The van der Waals surface area contributed by atoms with Crippen LogP contribution in [0.3, 0.4) is 0 Å². The molecule has 0 unspecified atom stereocenters. The van der Waals surface area contributed by atoms with Gasteiger partial charge in [-0.15, -0.1) is 0 Å². The highest BCUT2D eigenvalue weighted by Crippen LogP contribution is 2.21. The van der Waals surface area contributed by atoms with Crippen molar-refractivity contribution in [1.82, 2.24) is 18.0 Å². The summed E-state index contributed by atoms with van der Waals surface area (Å²) >= 11 is 0. The van der Waals surface area contributed by atoms with Gasteiger partial charge in [0.1, 0.15) is 10.6 Å². The molecule has 0 aliphatic carbocycles. The summed E-state index contributed by atoms with van der Waals surface area (Å²) in [6.45, 7) is 4.24. The van der Waals surface area contributed by atoms with Crippen molar-refractivity contribution in [2.24, 2.45) is 21.1 Å². The summed E-state index contributed by atoms with van der Waals surface area (Å²) < 4.78 is 31.3. The van der Waals surface area contributed by atoms with Crippen molar-refractivity contribution in [2.45, 2.75) is 18.7 Å². The fourth-order valence-electron chi connectivity index (χ4n) is 3.39. The van der Waals surface area contributed by atoms with Crippen molar-refractivity contribution in [3.63, 3.8) is 0 Å². The summed E-state index contributed by atoms with van der Waals surface area (Å²) in [5, 5.41) is 2.78. The summed E-state index contributed by atoms with van der Waals surface area (Å²) in [6, 6.07) is 6.55. The zero-order valence-electron chi connectivity index (χ0n) is 17.1. The molecule has 3 rings (SSSR count). The maximum atomic E-state index is 12.8. The molecule has 2 aromatic heterocycles. The highest BCUT2D eigenvalue weighted by Gasteiger charge is 2.25. The Balaban J connectivity index is 1.92. The summed E-state index contributed by atoms with van der Waals surface area (Å²) in [4.78, 5) is 24.9. The van der Waals surface area contributed by atoms with E-state index in [4.69, 9.17) is 0 Å². The number of hydrogen-bond donors (Lipinski definition) is 1. The monoisotopic (exact) mass is 419 g/mol. The number of aromatic nitrogens is 3. The predicted molar refractivity (Wildman–Crippen MR) is 112 cm³/mol. The van der Waals surface area contributed by atoms with Gasteiger partial charge in [-0.2, -0.15) is 4.31 Å². The van der Waals surface area contributed by atoms with Crippen molar-refractivity contribution in [3.8, 4) is 0 Å². The number of amides is 1. The van der Waals surface area contributed by atoms with Gasteiger partial charge in [0.2, 0.25) is 10.0 Å². The number of fused-ring (bicyclic) bond motifs is 1. The van der Waals surface area contributed by atoms with Gasteiger partial charge in [0.25, 0.3) is 5.91 Å². The van der Waals surface area contributed by atoms with Crippen molar-refractivity contribution in [2.75, 3.05) is 18.4 Å². The van der Waals surface area contributed by atoms with Crippen molar-refractivity contribution in [1.29, 1.82) is 0 Å². The number of aryl methyl sites for hydroxylation is 3. The van der Waals surface area contributed by atoms with Crippen LogP contribution in [0.15, 0.2) is 40.2 Å². The molecule has 0 bridgehead atoms. The molecule has 0 fully saturated rings. The lowest BCUT2D eigenvalue weighted by Gasteiger charge is -2.17. The normalized spacial score (nSPS) is 12.1. The van der Waals surface area contributed by atoms with Gasteiger partial charge >= 0.3 is 5.69 Å². The van der Waals surface area contributed by atoms with Crippen molar-refractivity contribution in [3.05, 3.63) is 46.6 Å². The van der Waals surface area contributed by atoms with Gasteiger partial charge in [-0.05, 0) is 24.3 Å². The summed E-state index contributed by atoms with van der Waals surface area (Å²) in [6.07, 6.45) is 1.44. The minimum absolute atomic E-state index is 0.0785. The quantitative estimate of drug-likeness (QED) is 0.655. The Hall–Kier alpha value is -2.85. The molecule has 1 N–H and O–H groups in total. The number of nitrogens with zero attached hydrogens (tertiary/aromatic N) is 4. The van der Waals surface area contributed by atoms with Crippen molar-refractivity contribution < 1.29 is 13.2 Å². The first-order chi connectivity index (χ1) is 13.6. The highest BCUT2D eigenvalue weighted by molar-refractivity contribution is 7.89. The zero-order chi connectivity index (χ0) is 21.5. The SMILES string of the molecule is CCN(CC)S(=O)(=O)c1cc(C(=O)Nc2ccc3c(c2)n(C)c(=O)n3C)n(C)c1. The largest absolute Gasteiger partial charge is 0.345 e. The molecule has 0 radical (unpaired) electrons. The summed E-state index contributed by atoms with van der Waals surface area (Å²) in [7, 11) is 1.32. The van der Waals surface area contributed by atoms with Gasteiger partial charge in [-0.25, -0.2) is 13.2 Å². The topological polar surface area (TPSA) is 98.3 Å². The zero-order valence-corrected chi connectivity index (χ0v) is 17.9. The van der Waals surface area contributed by atoms with Crippen molar-refractivity contribution >= 4 is 32.7 Å². The number of nitrogens with one attached hydrogen (secondary N) is 1. The van der Waals surface area contributed by atoms with E-state index in [2.05, 4.69) is 5.32 Å². The van der Waals surface area contributed by atoms with E-state index in [0.29, 0.717) is 24.3 Å². The lowest BCUT2D eigenvalue weighted by molar-refractivity contribution is 0.101. The van der Waals surface area contributed by atoms with Crippen LogP contribution in [0.4, 0.5) is 5.69 Å². The maximum absolute atomic E-state index is 12.8. The molecule has 0 atom stereocenters. The van der Waals surface area contributed by atoms with Crippen LogP contribution in [0.5, 0.6) is 0 Å². The molecule has 1 amide bonds. The highest BCUT2D eigenvalue weighted by atomic mass is 32.2. The van der Waals surface area contributed by atoms with Crippen LogP contribution in [0, 0.1) is 0 Å². The first-order valence-corrected chi connectivity index (χ1v) is 10.7. The number of anilines is 1.